The summed E-state index contributed by atoms with van der Waals surface area (Å²) >= 11 is 0. The van der Waals surface area contributed by atoms with E-state index in [4.69, 9.17) is 5.73 Å². The van der Waals surface area contributed by atoms with Gasteiger partial charge >= 0.3 is 0 Å². The lowest BCUT2D eigenvalue weighted by molar-refractivity contribution is -0.0129. The van der Waals surface area contributed by atoms with Gasteiger partial charge in [-0.05, 0) is 44.1 Å². The van der Waals surface area contributed by atoms with Crippen molar-refractivity contribution in [3.8, 4) is 0 Å². The summed E-state index contributed by atoms with van der Waals surface area (Å²) in [6, 6.07) is 0.809. The Kier molecular flexibility index (Phi) is 5.92. The highest BCUT2D eigenvalue weighted by Gasteiger charge is 2.42. The summed E-state index contributed by atoms with van der Waals surface area (Å²) in [6.07, 6.45) is 12.6. The molecule has 2 saturated carbocycles. The number of rotatable bonds is 5. The Hall–Kier alpha value is -0.0800. The summed E-state index contributed by atoms with van der Waals surface area (Å²) in [7, 11) is 0. The fourth-order valence-electron chi connectivity index (χ4n) is 4.89. The highest BCUT2D eigenvalue weighted by atomic mass is 15.2. The van der Waals surface area contributed by atoms with Gasteiger partial charge in [-0.15, -0.1) is 0 Å². The smallest absolute Gasteiger partial charge is 0.0337 e. The van der Waals surface area contributed by atoms with Crippen LogP contribution in [0.15, 0.2) is 0 Å². The number of likely N-dealkylation sites (N-methyl/N-ethyl adjacent to an activating group) is 1. The molecule has 2 unspecified atom stereocenters. The molecule has 0 aliphatic heterocycles. The van der Waals surface area contributed by atoms with Gasteiger partial charge in [-0.1, -0.05) is 52.9 Å². The Bertz CT molecular complexity index is 283. The van der Waals surface area contributed by atoms with Gasteiger partial charge in [-0.2, -0.15) is 0 Å². The van der Waals surface area contributed by atoms with Crippen LogP contribution in [0.25, 0.3) is 0 Å². The average molecular weight is 280 g/mol. The highest BCUT2D eigenvalue weighted by Crippen LogP contribution is 2.42. The van der Waals surface area contributed by atoms with Crippen molar-refractivity contribution in [1.82, 2.24) is 4.90 Å². The van der Waals surface area contributed by atoms with Gasteiger partial charge in [0, 0.05) is 18.1 Å². The molecule has 2 aliphatic carbocycles. The van der Waals surface area contributed by atoms with Crippen molar-refractivity contribution in [2.24, 2.45) is 17.6 Å². The van der Waals surface area contributed by atoms with Crippen LogP contribution in [0.5, 0.6) is 0 Å². The average Bonchev–Trinajstić information content (AvgIpc) is 2.49. The molecule has 2 fully saturated rings. The van der Waals surface area contributed by atoms with Crippen LogP contribution in [0.3, 0.4) is 0 Å². The van der Waals surface area contributed by atoms with E-state index in [2.05, 4.69) is 25.7 Å². The van der Waals surface area contributed by atoms with Gasteiger partial charge < -0.3 is 5.73 Å². The molecule has 2 N–H and O–H groups in total. The predicted octanol–water partition coefficient (Wildman–Crippen LogP) is 4.18. The molecule has 0 saturated heterocycles. The number of hydrogen-bond donors (Lipinski definition) is 1. The lowest BCUT2D eigenvalue weighted by Gasteiger charge is -2.52. The molecule has 2 rings (SSSR count). The predicted molar refractivity (Wildman–Crippen MR) is 87.8 cm³/mol. The second-order valence-corrected chi connectivity index (χ2v) is 7.61. The van der Waals surface area contributed by atoms with Crippen LogP contribution < -0.4 is 5.73 Å². The molecule has 0 amide bonds. The minimum absolute atomic E-state index is 0.309. The molecule has 0 heterocycles. The summed E-state index contributed by atoms with van der Waals surface area (Å²) in [6.45, 7) is 9.20. The van der Waals surface area contributed by atoms with Gasteiger partial charge in [-0.3, -0.25) is 4.90 Å². The summed E-state index contributed by atoms with van der Waals surface area (Å²) < 4.78 is 0. The molecule has 118 valence electrons. The number of hydrogen-bond acceptors (Lipinski definition) is 2. The first-order chi connectivity index (χ1) is 9.63. The van der Waals surface area contributed by atoms with Crippen molar-refractivity contribution in [2.45, 2.75) is 90.1 Å². The molecule has 0 aromatic rings. The SMILES string of the molecule is CCN(C1CCCCC1)C1(CN)CCCC(C(C)C)C1. The maximum atomic E-state index is 6.34. The van der Waals surface area contributed by atoms with Crippen LogP contribution in [0.4, 0.5) is 0 Å². The Balaban J connectivity index is 2.13. The van der Waals surface area contributed by atoms with Crippen LogP contribution >= 0.6 is 0 Å². The molecule has 2 atom stereocenters. The van der Waals surface area contributed by atoms with Crippen LogP contribution in [0.1, 0.15) is 78.6 Å². The van der Waals surface area contributed by atoms with E-state index in [1.54, 1.807) is 0 Å². The molecular weight excluding hydrogens is 244 g/mol. The standard InChI is InChI=1S/C18H36N2/c1-4-20(17-10-6-5-7-11-17)18(14-19)12-8-9-16(13-18)15(2)3/h15-17H,4-14,19H2,1-3H3. The number of nitrogens with zero attached hydrogens (tertiary/aromatic N) is 1. The van der Waals surface area contributed by atoms with Gasteiger partial charge in [-0.25, -0.2) is 0 Å². The fraction of sp³-hybridized carbons (Fsp3) is 1.00. The zero-order valence-electron chi connectivity index (χ0n) is 14.0. The topological polar surface area (TPSA) is 29.3 Å². The van der Waals surface area contributed by atoms with Crippen LogP contribution in [-0.2, 0) is 0 Å². The zero-order valence-corrected chi connectivity index (χ0v) is 14.0. The first kappa shape index (κ1) is 16.3. The van der Waals surface area contributed by atoms with E-state index in [1.165, 1.54) is 64.3 Å². The van der Waals surface area contributed by atoms with Crippen LogP contribution in [0.2, 0.25) is 0 Å². The second kappa shape index (κ2) is 7.26. The fourth-order valence-corrected chi connectivity index (χ4v) is 4.89. The molecule has 0 spiro atoms. The second-order valence-electron chi connectivity index (χ2n) is 7.61. The van der Waals surface area contributed by atoms with Crippen molar-refractivity contribution < 1.29 is 0 Å². The molecule has 2 nitrogen and oxygen atoms in total. The zero-order chi connectivity index (χ0) is 14.6. The Labute approximate surface area is 126 Å². The molecule has 0 bridgehead atoms. The monoisotopic (exact) mass is 280 g/mol. The van der Waals surface area contributed by atoms with Crippen molar-refractivity contribution in [3.63, 3.8) is 0 Å². The van der Waals surface area contributed by atoms with Crippen molar-refractivity contribution in [1.29, 1.82) is 0 Å². The lowest BCUT2D eigenvalue weighted by Crippen LogP contribution is -2.60. The van der Waals surface area contributed by atoms with Gasteiger partial charge in [0.05, 0.1) is 0 Å². The van der Waals surface area contributed by atoms with Gasteiger partial charge in [0.1, 0.15) is 0 Å². The normalized spacial score (nSPS) is 33.0. The van der Waals surface area contributed by atoms with Gasteiger partial charge in [0.2, 0.25) is 0 Å². The third-order valence-corrected chi connectivity index (χ3v) is 6.15. The lowest BCUT2D eigenvalue weighted by atomic mass is 9.70. The van der Waals surface area contributed by atoms with E-state index < -0.39 is 0 Å². The summed E-state index contributed by atoms with van der Waals surface area (Å²) in [4.78, 5) is 2.83. The molecule has 2 heteroatoms. The molecule has 2 aliphatic rings. The van der Waals surface area contributed by atoms with E-state index in [1.807, 2.05) is 0 Å². The summed E-state index contributed by atoms with van der Waals surface area (Å²) in [5.41, 5.74) is 6.65. The maximum absolute atomic E-state index is 6.34. The molecule has 0 aromatic carbocycles. The first-order valence-corrected chi connectivity index (χ1v) is 9.10. The Morgan fingerprint density at radius 3 is 2.35 bits per heavy atom. The Morgan fingerprint density at radius 1 is 1.10 bits per heavy atom. The van der Waals surface area contributed by atoms with E-state index in [9.17, 15) is 0 Å². The van der Waals surface area contributed by atoms with Crippen molar-refractivity contribution >= 4 is 0 Å². The van der Waals surface area contributed by atoms with E-state index in [0.29, 0.717) is 5.54 Å². The first-order valence-electron chi connectivity index (χ1n) is 9.10. The van der Waals surface area contributed by atoms with Crippen molar-refractivity contribution in [2.75, 3.05) is 13.1 Å². The third kappa shape index (κ3) is 3.39. The van der Waals surface area contributed by atoms with E-state index >= 15 is 0 Å². The molecule has 20 heavy (non-hydrogen) atoms. The van der Waals surface area contributed by atoms with E-state index in [-0.39, 0.29) is 0 Å². The maximum Gasteiger partial charge on any atom is 0.0337 e. The van der Waals surface area contributed by atoms with Crippen LogP contribution in [0, 0.1) is 11.8 Å². The molecule has 0 radical (unpaired) electrons. The quantitative estimate of drug-likeness (QED) is 0.818. The Morgan fingerprint density at radius 2 is 1.80 bits per heavy atom. The van der Waals surface area contributed by atoms with Crippen molar-refractivity contribution in [3.05, 3.63) is 0 Å². The van der Waals surface area contributed by atoms with Crippen LogP contribution in [-0.4, -0.2) is 29.6 Å². The molecular formula is C18H36N2. The number of nitrogens with two attached hydrogens (primary N) is 1. The van der Waals surface area contributed by atoms with E-state index in [0.717, 1.165) is 24.4 Å². The highest BCUT2D eigenvalue weighted by molar-refractivity contribution is 4.99. The van der Waals surface area contributed by atoms with Gasteiger partial charge in [0.25, 0.3) is 0 Å². The minimum Gasteiger partial charge on any atom is -0.329 e. The largest absolute Gasteiger partial charge is 0.329 e. The van der Waals surface area contributed by atoms with Gasteiger partial charge in [0.15, 0.2) is 0 Å². The molecule has 0 aromatic heterocycles. The third-order valence-electron chi connectivity index (χ3n) is 6.15. The minimum atomic E-state index is 0.309. The summed E-state index contributed by atoms with van der Waals surface area (Å²) in [5.74, 6) is 1.69. The summed E-state index contributed by atoms with van der Waals surface area (Å²) in [5, 5.41) is 0.